The van der Waals surface area contributed by atoms with Gasteiger partial charge in [-0.15, -0.1) is 0 Å². The molecule has 0 fully saturated rings. The van der Waals surface area contributed by atoms with Crippen molar-refractivity contribution in [2.75, 3.05) is 0 Å². The van der Waals surface area contributed by atoms with Crippen LogP contribution in [-0.4, -0.2) is 17.9 Å². The van der Waals surface area contributed by atoms with Crippen molar-refractivity contribution in [3.8, 4) is 0 Å². The zero-order valence-corrected chi connectivity index (χ0v) is 8.16. The molecule has 1 atom stereocenters. The van der Waals surface area contributed by atoms with Crippen LogP contribution in [0.1, 0.15) is 20.8 Å². The third kappa shape index (κ3) is 3.69. The normalized spacial score (nSPS) is 13.3. The van der Waals surface area contributed by atoms with Crippen molar-refractivity contribution < 1.29 is 14.3 Å². The molecule has 0 aromatic carbocycles. The molecule has 0 saturated carbocycles. The number of allylic oxidation sites excluding steroid dienone is 1. The maximum atomic E-state index is 11.2. The molecule has 0 amide bonds. The average molecular weight is 182 g/mol. The summed E-state index contributed by atoms with van der Waals surface area (Å²) >= 11 is 0. The van der Waals surface area contributed by atoms with Crippen LogP contribution in [0.15, 0.2) is 24.3 Å². The Kier molecular flexibility index (Phi) is 4.74. The van der Waals surface area contributed by atoms with Gasteiger partial charge in [-0.3, -0.25) is 4.79 Å². The number of carbonyl (C=O) groups excluding carboxylic acids is 2. The summed E-state index contributed by atoms with van der Waals surface area (Å²) in [5, 5.41) is 0. The molecule has 0 heterocycles. The lowest BCUT2D eigenvalue weighted by Gasteiger charge is -2.08. The minimum atomic E-state index is -0.595. The molecule has 13 heavy (non-hydrogen) atoms. The number of hydrogen-bond donors (Lipinski definition) is 0. The Morgan fingerprint density at radius 1 is 1.46 bits per heavy atom. The number of Topliss-reactive ketones (excluding diaryl/α,β-unsaturated/α-hetero) is 1. The van der Waals surface area contributed by atoms with Crippen LogP contribution < -0.4 is 0 Å². The first-order chi connectivity index (χ1) is 6.02. The van der Waals surface area contributed by atoms with E-state index in [1.165, 1.54) is 19.1 Å². The van der Waals surface area contributed by atoms with E-state index in [0.717, 1.165) is 0 Å². The Hall–Kier alpha value is -1.38. The molecule has 0 aromatic heterocycles. The summed E-state index contributed by atoms with van der Waals surface area (Å²) in [5.41, 5.74) is 0.0775. The first-order valence-electron chi connectivity index (χ1n) is 4.03. The molecule has 72 valence electrons. The van der Waals surface area contributed by atoms with Crippen LogP contribution in [-0.2, 0) is 14.3 Å². The SMILES string of the molecule is C=CC(C)OC(=O)C(=CC)C(C)=O. The van der Waals surface area contributed by atoms with E-state index in [2.05, 4.69) is 6.58 Å². The Morgan fingerprint density at radius 3 is 2.31 bits per heavy atom. The van der Waals surface area contributed by atoms with E-state index < -0.39 is 5.97 Å². The monoisotopic (exact) mass is 182 g/mol. The molecule has 0 bridgehead atoms. The summed E-state index contributed by atoms with van der Waals surface area (Å²) in [6.07, 6.45) is 2.56. The lowest BCUT2D eigenvalue weighted by atomic mass is 10.2. The molecule has 0 radical (unpaired) electrons. The summed E-state index contributed by atoms with van der Waals surface area (Å²) < 4.78 is 4.87. The Balaban J connectivity index is 4.41. The van der Waals surface area contributed by atoms with Gasteiger partial charge in [-0.25, -0.2) is 4.79 Å². The first-order valence-corrected chi connectivity index (χ1v) is 4.03. The van der Waals surface area contributed by atoms with E-state index in [-0.39, 0.29) is 17.5 Å². The largest absolute Gasteiger partial charge is 0.455 e. The first kappa shape index (κ1) is 11.6. The second-order valence-electron chi connectivity index (χ2n) is 2.60. The third-order valence-corrected chi connectivity index (χ3v) is 1.51. The lowest BCUT2D eigenvalue weighted by Crippen LogP contribution is -2.18. The predicted octanol–water partition coefficient (Wildman–Crippen LogP) is 1.64. The second kappa shape index (κ2) is 5.30. The lowest BCUT2D eigenvalue weighted by molar-refractivity contribution is -0.142. The van der Waals surface area contributed by atoms with E-state index in [0.29, 0.717) is 0 Å². The summed E-state index contributed by atoms with van der Waals surface area (Å²) in [6, 6.07) is 0. The average Bonchev–Trinajstić information content (AvgIpc) is 2.04. The summed E-state index contributed by atoms with van der Waals surface area (Å²) in [7, 11) is 0. The molecule has 0 saturated heterocycles. The predicted molar refractivity (Wildman–Crippen MR) is 50.2 cm³/mol. The highest BCUT2D eigenvalue weighted by atomic mass is 16.5. The van der Waals surface area contributed by atoms with E-state index in [4.69, 9.17) is 4.74 Å². The molecule has 3 nitrogen and oxygen atoms in total. The van der Waals surface area contributed by atoms with Crippen LogP contribution >= 0.6 is 0 Å². The van der Waals surface area contributed by atoms with Crippen LogP contribution in [0.2, 0.25) is 0 Å². The highest BCUT2D eigenvalue weighted by Gasteiger charge is 2.15. The number of esters is 1. The van der Waals surface area contributed by atoms with Gasteiger partial charge in [0.05, 0.1) is 5.57 Å². The van der Waals surface area contributed by atoms with Crippen molar-refractivity contribution in [1.82, 2.24) is 0 Å². The molecule has 0 spiro atoms. The number of ketones is 1. The van der Waals surface area contributed by atoms with E-state index in [1.807, 2.05) is 0 Å². The van der Waals surface area contributed by atoms with Gasteiger partial charge in [-0.1, -0.05) is 18.7 Å². The van der Waals surface area contributed by atoms with Crippen molar-refractivity contribution >= 4 is 11.8 Å². The van der Waals surface area contributed by atoms with E-state index in [9.17, 15) is 9.59 Å². The van der Waals surface area contributed by atoms with Gasteiger partial charge in [-0.05, 0) is 20.8 Å². The highest BCUT2D eigenvalue weighted by molar-refractivity contribution is 6.16. The Bertz CT molecular complexity index is 251. The van der Waals surface area contributed by atoms with Crippen LogP contribution in [0.25, 0.3) is 0 Å². The highest BCUT2D eigenvalue weighted by Crippen LogP contribution is 2.03. The van der Waals surface area contributed by atoms with Crippen LogP contribution in [0.5, 0.6) is 0 Å². The third-order valence-electron chi connectivity index (χ3n) is 1.51. The fourth-order valence-corrected chi connectivity index (χ4v) is 0.745. The van der Waals surface area contributed by atoms with E-state index in [1.54, 1.807) is 13.8 Å². The summed E-state index contributed by atoms with van der Waals surface area (Å²) in [5.74, 6) is -0.883. The number of ether oxygens (including phenoxy) is 1. The molecule has 3 heteroatoms. The van der Waals surface area contributed by atoms with Crippen molar-refractivity contribution in [3.05, 3.63) is 24.3 Å². The number of hydrogen-bond acceptors (Lipinski definition) is 3. The maximum absolute atomic E-state index is 11.2. The van der Waals surface area contributed by atoms with Gasteiger partial charge in [0, 0.05) is 0 Å². The molecule has 0 aliphatic rings. The van der Waals surface area contributed by atoms with Crippen LogP contribution in [0, 0.1) is 0 Å². The Morgan fingerprint density at radius 2 is 2.00 bits per heavy atom. The number of carbonyl (C=O) groups is 2. The molecule has 0 aliphatic carbocycles. The van der Waals surface area contributed by atoms with Gasteiger partial charge in [0.2, 0.25) is 0 Å². The topological polar surface area (TPSA) is 43.4 Å². The molecule has 0 rings (SSSR count). The Labute approximate surface area is 78.1 Å². The smallest absolute Gasteiger partial charge is 0.341 e. The van der Waals surface area contributed by atoms with Gasteiger partial charge in [0.25, 0.3) is 0 Å². The fourth-order valence-electron chi connectivity index (χ4n) is 0.745. The van der Waals surface area contributed by atoms with Crippen molar-refractivity contribution in [2.45, 2.75) is 26.9 Å². The van der Waals surface area contributed by atoms with Gasteiger partial charge < -0.3 is 4.74 Å². The minimum absolute atomic E-state index is 0.0775. The maximum Gasteiger partial charge on any atom is 0.341 e. The molecule has 0 aromatic rings. The molecule has 0 aliphatic heterocycles. The van der Waals surface area contributed by atoms with E-state index >= 15 is 0 Å². The van der Waals surface area contributed by atoms with Crippen molar-refractivity contribution in [2.24, 2.45) is 0 Å². The summed E-state index contributed by atoms with van der Waals surface area (Å²) in [4.78, 5) is 22.1. The van der Waals surface area contributed by atoms with Gasteiger partial charge in [0.15, 0.2) is 5.78 Å². The standard InChI is InChI=1S/C10H14O3/c1-5-7(3)13-10(12)9(6-2)8(4)11/h5-7H,1H2,2-4H3. The van der Waals surface area contributed by atoms with Crippen LogP contribution in [0.3, 0.4) is 0 Å². The minimum Gasteiger partial charge on any atom is -0.455 e. The van der Waals surface area contributed by atoms with Gasteiger partial charge in [0.1, 0.15) is 6.10 Å². The molecular weight excluding hydrogens is 168 g/mol. The second-order valence-corrected chi connectivity index (χ2v) is 2.60. The quantitative estimate of drug-likeness (QED) is 0.218. The molecule has 1 unspecified atom stereocenters. The zero-order valence-electron chi connectivity index (χ0n) is 8.16. The van der Waals surface area contributed by atoms with Gasteiger partial charge >= 0.3 is 5.97 Å². The molecule has 0 N–H and O–H groups in total. The summed E-state index contributed by atoms with van der Waals surface area (Å²) in [6.45, 7) is 8.09. The molecular formula is C10H14O3. The fraction of sp³-hybridized carbons (Fsp3) is 0.400. The van der Waals surface area contributed by atoms with Gasteiger partial charge in [-0.2, -0.15) is 0 Å². The van der Waals surface area contributed by atoms with Crippen LogP contribution in [0.4, 0.5) is 0 Å². The van der Waals surface area contributed by atoms with Crippen molar-refractivity contribution in [3.63, 3.8) is 0 Å². The zero-order chi connectivity index (χ0) is 10.4. The number of rotatable bonds is 4. The van der Waals surface area contributed by atoms with Crippen molar-refractivity contribution in [1.29, 1.82) is 0 Å².